The van der Waals surface area contributed by atoms with E-state index in [2.05, 4.69) is 39.7 Å². The zero-order chi connectivity index (χ0) is 22.3. The number of benzene rings is 1. The van der Waals surface area contributed by atoms with Crippen LogP contribution in [0.25, 0.3) is 10.9 Å². The number of sulfonamides is 1. The van der Waals surface area contributed by atoms with Gasteiger partial charge in [0, 0.05) is 37.8 Å². The first-order chi connectivity index (χ1) is 14.9. The maximum absolute atomic E-state index is 12.0. The Labute approximate surface area is 187 Å². The minimum atomic E-state index is -3.17. The van der Waals surface area contributed by atoms with E-state index in [0.717, 1.165) is 55.5 Å². The van der Waals surface area contributed by atoms with Crippen molar-refractivity contribution >= 4 is 20.9 Å². The highest BCUT2D eigenvalue weighted by molar-refractivity contribution is 7.89. The van der Waals surface area contributed by atoms with Crippen LogP contribution >= 0.6 is 0 Å². The van der Waals surface area contributed by atoms with Crippen LogP contribution in [0.3, 0.4) is 0 Å². The second-order valence-corrected chi connectivity index (χ2v) is 10.9. The van der Waals surface area contributed by atoms with Crippen LogP contribution in [0.2, 0.25) is 0 Å². The van der Waals surface area contributed by atoms with Gasteiger partial charge in [-0.25, -0.2) is 13.1 Å². The van der Waals surface area contributed by atoms with Crippen LogP contribution < -0.4 is 9.46 Å². The minimum Gasteiger partial charge on any atom is -0.488 e. The van der Waals surface area contributed by atoms with Crippen molar-refractivity contribution in [3.63, 3.8) is 0 Å². The number of fused-ring (bicyclic) bond motifs is 1. The number of nitrogens with one attached hydrogen (secondary N) is 1. The predicted molar refractivity (Wildman–Crippen MR) is 127 cm³/mol. The maximum atomic E-state index is 12.0. The average molecular weight is 448 g/mol. The molecule has 6 nitrogen and oxygen atoms in total. The molecule has 1 aromatic heterocycles. The molecule has 1 aliphatic rings. The fourth-order valence-electron chi connectivity index (χ4n) is 4.12. The van der Waals surface area contributed by atoms with E-state index in [9.17, 15) is 8.42 Å². The van der Waals surface area contributed by atoms with Gasteiger partial charge in [0.1, 0.15) is 17.4 Å². The van der Waals surface area contributed by atoms with E-state index >= 15 is 0 Å². The number of piperidine rings is 1. The molecule has 172 valence electrons. The second kappa shape index (κ2) is 11.2. The Balaban J connectivity index is 1.53. The maximum Gasteiger partial charge on any atom is 0.211 e. The van der Waals surface area contributed by atoms with Crippen LogP contribution in [0.15, 0.2) is 30.5 Å². The number of rotatable bonds is 11. The monoisotopic (exact) mass is 447 g/mol. The number of hydrogen-bond donors (Lipinski definition) is 1. The highest BCUT2D eigenvalue weighted by atomic mass is 32.2. The Kier molecular flexibility index (Phi) is 8.69. The number of ether oxygens (including phenoxy) is 1. The van der Waals surface area contributed by atoms with Gasteiger partial charge in [0.15, 0.2) is 0 Å². The van der Waals surface area contributed by atoms with Crippen molar-refractivity contribution in [2.75, 3.05) is 31.9 Å². The van der Waals surface area contributed by atoms with E-state index < -0.39 is 10.0 Å². The van der Waals surface area contributed by atoms with Crippen molar-refractivity contribution in [2.24, 2.45) is 5.92 Å². The molecule has 0 spiro atoms. The van der Waals surface area contributed by atoms with Gasteiger partial charge in [-0.1, -0.05) is 33.3 Å². The van der Waals surface area contributed by atoms with Crippen molar-refractivity contribution in [2.45, 2.75) is 59.0 Å². The fraction of sp³-hybridized carbons (Fsp3) is 0.625. The van der Waals surface area contributed by atoms with Gasteiger partial charge in [-0.15, -0.1) is 0 Å². The summed E-state index contributed by atoms with van der Waals surface area (Å²) >= 11 is 0. The zero-order valence-electron chi connectivity index (χ0n) is 19.1. The Hall–Kier alpha value is -1.70. The molecule has 7 heteroatoms. The van der Waals surface area contributed by atoms with E-state index in [1.54, 1.807) is 0 Å². The third kappa shape index (κ3) is 7.44. The van der Waals surface area contributed by atoms with Crippen LogP contribution in [0.4, 0.5) is 0 Å². The summed E-state index contributed by atoms with van der Waals surface area (Å²) in [4.78, 5) is 6.88. The Morgan fingerprint density at radius 2 is 2.03 bits per heavy atom. The summed E-state index contributed by atoms with van der Waals surface area (Å²) < 4.78 is 33.1. The number of unbranched alkanes of at least 4 members (excludes halogenated alkanes) is 1. The topological polar surface area (TPSA) is 71.5 Å². The normalized spacial score (nSPS) is 16.3. The van der Waals surface area contributed by atoms with Crippen LogP contribution in [0, 0.1) is 5.92 Å². The molecule has 2 aromatic rings. The first kappa shape index (κ1) is 24.0. The van der Waals surface area contributed by atoms with Gasteiger partial charge in [0.25, 0.3) is 0 Å². The summed E-state index contributed by atoms with van der Waals surface area (Å²) in [6.45, 7) is 9.08. The molecule has 0 amide bonds. The van der Waals surface area contributed by atoms with E-state index in [1.165, 1.54) is 18.4 Å². The predicted octanol–water partition coefficient (Wildman–Crippen LogP) is 4.00. The lowest BCUT2D eigenvalue weighted by Gasteiger charge is -2.32. The molecule has 3 rings (SSSR count). The standard InChI is InChI=1S/C24H37N3O3S/c1-4-5-7-20-16-21-8-6-11-25-24(21)23(17-20)30-22-9-13-27(14-10-22)15-12-26-31(28,29)18-19(2)3/h6,8,11,16-17,19,22,26H,4-5,7,9-10,12-15,18H2,1-3H3. The van der Waals surface area contributed by atoms with E-state index in [1.807, 2.05) is 26.1 Å². The van der Waals surface area contributed by atoms with Crippen LogP contribution in [-0.4, -0.2) is 56.3 Å². The Bertz CT molecular complexity index is 938. The number of aryl methyl sites for hydroxylation is 1. The summed E-state index contributed by atoms with van der Waals surface area (Å²) in [6.07, 6.45) is 7.27. The van der Waals surface area contributed by atoms with Gasteiger partial charge in [0.2, 0.25) is 10.0 Å². The smallest absolute Gasteiger partial charge is 0.211 e. The van der Waals surface area contributed by atoms with Gasteiger partial charge in [-0.05, 0) is 55.4 Å². The molecule has 0 saturated carbocycles. The summed E-state index contributed by atoms with van der Waals surface area (Å²) in [7, 11) is -3.17. The van der Waals surface area contributed by atoms with Crippen molar-refractivity contribution in [3.05, 3.63) is 36.0 Å². The molecule has 1 N–H and O–H groups in total. The van der Waals surface area contributed by atoms with Crippen molar-refractivity contribution in [1.29, 1.82) is 0 Å². The van der Waals surface area contributed by atoms with Crippen molar-refractivity contribution < 1.29 is 13.2 Å². The summed E-state index contributed by atoms with van der Waals surface area (Å²) in [6, 6.07) is 8.48. The molecule has 1 saturated heterocycles. The third-order valence-electron chi connectivity index (χ3n) is 5.68. The lowest BCUT2D eigenvalue weighted by atomic mass is 10.0. The van der Waals surface area contributed by atoms with Crippen molar-refractivity contribution in [1.82, 2.24) is 14.6 Å². The number of pyridine rings is 1. The number of aromatic nitrogens is 1. The molecular weight excluding hydrogens is 410 g/mol. The lowest BCUT2D eigenvalue weighted by molar-refractivity contribution is 0.103. The zero-order valence-corrected chi connectivity index (χ0v) is 20.0. The molecule has 0 aliphatic carbocycles. The van der Waals surface area contributed by atoms with E-state index in [-0.39, 0.29) is 17.8 Å². The molecule has 0 unspecified atom stereocenters. The van der Waals surface area contributed by atoms with Gasteiger partial charge in [0.05, 0.1) is 5.75 Å². The molecule has 0 atom stereocenters. The first-order valence-corrected chi connectivity index (χ1v) is 13.3. The van der Waals surface area contributed by atoms with Gasteiger partial charge < -0.3 is 9.64 Å². The summed E-state index contributed by atoms with van der Waals surface area (Å²) in [5.74, 6) is 1.21. The number of nitrogens with zero attached hydrogens (tertiary/aromatic N) is 2. The molecule has 1 fully saturated rings. The molecular formula is C24H37N3O3S. The molecule has 1 aromatic carbocycles. The van der Waals surface area contributed by atoms with Crippen LogP contribution in [0.5, 0.6) is 5.75 Å². The molecule has 0 radical (unpaired) electrons. The fourth-order valence-corrected chi connectivity index (χ4v) is 5.52. The Morgan fingerprint density at radius 3 is 2.74 bits per heavy atom. The lowest BCUT2D eigenvalue weighted by Crippen LogP contribution is -2.42. The minimum absolute atomic E-state index is 0.136. The highest BCUT2D eigenvalue weighted by Crippen LogP contribution is 2.29. The second-order valence-electron chi connectivity index (χ2n) is 9.00. The quantitative estimate of drug-likeness (QED) is 0.564. The summed E-state index contributed by atoms with van der Waals surface area (Å²) in [5.41, 5.74) is 2.24. The van der Waals surface area contributed by atoms with Gasteiger partial charge >= 0.3 is 0 Å². The van der Waals surface area contributed by atoms with Gasteiger partial charge in [-0.3, -0.25) is 4.98 Å². The number of likely N-dealkylation sites (tertiary alicyclic amines) is 1. The SMILES string of the molecule is CCCCc1cc(OC2CCN(CCNS(=O)(=O)CC(C)C)CC2)c2ncccc2c1. The molecule has 0 bridgehead atoms. The highest BCUT2D eigenvalue weighted by Gasteiger charge is 2.22. The van der Waals surface area contributed by atoms with Gasteiger partial charge in [-0.2, -0.15) is 0 Å². The van der Waals surface area contributed by atoms with E-state index in [0.29, 0.717) is 6.54 Å². The third-order valence-corrected chi connectivity index (χ3v) is 7.43. The Morgan fingerprint density at radius 1 is 1.26 bits per heavy atom. The first-order valence-electron chi connectivity index (χ1n) is 11.6. The average Bonchev–Trinajstić information content (AvgIpc) is 2.72. The van der Waals surface area contributed by atoms with Crippen molar-refractivity contribution in [3.8, 4) is 5.75 Å². The summed E-state index contributed by atoms with van der Waals surface area (Å²) in [5, 5.41) is 1.14. The van der Waals surface area contributed by atoms with Crippen LogP contribution in [0.1, 0.15) is 52.0 Å². The number of hydrogen-bond acceptors (Lipinski definition) is 5. The van der Waals surface area contributed by atoms with E-state index in [4.69, 9.17) is 4.74 Å². The van der Waals surface area contributed by atoms with Crippen LogP contribution in [-0.2, 0) is 16.4 Å². The molecule has 2 heterocycles. The molecule has 31 heavy (non-hydrogen) atoms. The molecule has 1 aliphatic heterocycles. The largest absolute Gasteiger partial charge is 0.488 e.